The molecule has 0 saturated carbocycles. The van der Waals surface area contributed by atoms with Crippen LogP contribution in [-0.4, -0.2) is 11.5 Å². The number of rotatable bonds is 5. The number of benzene rings is 2. The van der Waals surface area contributed by atoms with Crippen molar-refractivity contribution < 1.29 is 0 Å². The Morgan fingerprint density at radius 2 is 1.26 bits per heavy atom. The van der Waals surface area contributed by atoms with Gasteiger partial charge in [0.2, 0.25) is 0 Å². The standard InChI is InChI=1S/C14H11Cl3S2/c15-10-4-1-2-7-13(10)18-8-9-19-14-11(16)5-3-6-12(14)17/h1-7H,8-9H2. The number of hydrogen-bond acceptors (Lipinski definition) is 2. The summed E-state index contributed by atoms with van der Waals surface area (Å²) in [5.74, 6) is 1.88. The molecule has 5 heteroatoms. The quantitative estimate of drug-likeness (QED) is 0.444. The third-order valence-corrected chi connectivity index (χ3v) is 6.11. The average molecular weight is 350 g/mol. The van der Waals surface area contributed by atoms with E-state index in [0.717, 1.165) is 26.3 Å². The zero-order valence-electron chi connectivity index (χ0n) is 9.91. The number of halogens is 3. The highest BCUT2D eigenvalue weighted by Gasteiger charge is 2.06. The van der Waals surface area contributed by atoms with Crippen molar-refractivity contribution in [2.24, 2.45) is 0 Å². The molecule has 0 heterocycles. The lowest BCUT2D eigenvalue weighted by Gasteiger charge is -2.07. The molecule has 0 amide bonds. The van der Waals surface area contributed by atoms with Crippen LogP contribution in [0.1, 0.15) is 0 Å². The van der Waals surface area contributed by atoms with Gasteiger partial charge >= 0.3 is 0 Å². The molecular formula is C14H11Cl3S2. The van der Waals surface area contributed by atoms with E-state index in [1.807, 2.05) is 42.5 Å². The molecule has 2 aromatic rings. The van der Waals surface area contributed by atoms with Crippen LogP contribution in [0, 0.1) is 0 Å². The fourth-order valence-corrected chi connectivity index (χ4v) is 4.39. The fourth-order valence-electron chi connectivity index (χ4n) is 1.48. The second-order valence-electron chi connectivity index (χ2n) is 3.68. The normalized spacial score (nSPS) is 10.7. The van der Waals surface area contributed by atoms with Gasteiger partial charge in [-0.2, -0.15) is 0 Å². The molecule has 19 heavy (non-hydrogen) atoms. The van der Waals surface area contributed by atoms with Crippen molar-refractivity contribution in [2.75, 3.05) is 11.5 Å². The van der Waals surface area contributed by atoms with Crippen LogP contribution in [0.4, 0.5) is 0 Å². The first-order valence-electron chi connectivity index (χ1n) is 5.62. The molecule has 2 rings (SSSR count). The highest BCUT2D eigenvalue weighted by molar-refractivity contribution is 8.03. The van der Waals surface area contributed by atoms with Gasteiger partial charge in [0.25, 0.3) is 0 Å². The topological polar surface area (TPSA) is 0 Å². The first-order valence-corrected chi connectivity index (χ1v) is 8.73. The minimum absolute atomic E-state index is 0.709. The van der Waals surface area contributed by atoms with Crippen LogP contribution in [0.25, 0.3) is 0 Å². The van der Waals surface area contributed by atoms with Gasteiger partial charge in [-0.25, -0.2) is 0 Å². The minimum Gasteiger partial charge on any atom is -0.124 e. The molecule has 2 aromatic carbocycles. The third kappa shape index (κ3) is 4.51. The highest BCUT2D eigenvalue weighted by Crippen LogP contribution is 2.35. The van der Waals surface area contributed by atoms with Crippen LogP contribution in [0.3, 0.4) is 0 Å². The monoisotopic (exact) mass is 348 g/mol. The molecule has 0 fully saturated rings. The van der Waals surface area contributed by atoms with E-state index in [1.165, 1.54) is 0 Å². The lowest BCUT2D eigenvalue weighted by Crippen LogP contribution is -1.86. The summed E-state index contributed by atoms with van der Waals surface area (Å²) in [6, 6.07) is 13.4. The van der Waals surface area contributed by atoms with Crippen LogP contribution < -0.4 is 0 Å². The van der Waals surface area contributed by atoms with Gasteiger partial charge in [0.15, 0.2) is 0 Å². The smallest absolute Gasteiger partial charge is 0.0556 e. The van der Waals surface area contributed by atoms with Crippen molar-refractivity contribution in [2.45, 2.75) is 9.79 Å². The van der Waals surface area contributed by atoms with Crippen molar-refractivity contribution in [1.82, 2.24) is 0 Å². The summed E-state index contributed by atoms with van der Waals surface area (Å²) < 4.78 is 0. The van der Waals surface area contributed by atoms with Gasteiger partial charge in [0, 0.05) is 21.3 Å². The van der Waals surface area contributed by atoms with Crippen LogP contribution in [0.2, 0.25) is 15.1 Å². The van der Waals surface area contributed by atoms with Gasteiger partial charge in [-0.3, -0.25) is 0 Å². The van der Waals surface area contributed by atoms with E-state index in [-0.39, 0.29) is 0 Å². The van der Waals surface area contributed by atoms with E-state index in [2.05, 4.69) is 0 Å². The predicted molar refractivity (Wildman–Crippen MR) is 89.4 cm³/mol. The summed E-state index contributed by atoms with van der Waals surface area (Å²) in [4.78, 5) is 2.06. The SMILES string of the molecule is Clc1ccccc1SCCSc1c(Cl)cccc1Cl. The molecule has 0 nitrogen and oxygen atoms in total. The Morgan fingerprint density at radius 3 is 1.95 bits per heavy atom. The van der Waals surface area contributed by atoms with Gasteiger partial charge in [-0.1, -0.05) is 53.0 Å². The fraction of sp³-hybridized carbons (Fsp3) is 0.143. The minimum atomic E-state index is 0.709. The Hall–Kier alpha value is 0.01000. The van der Waals surface area contributed by atoms with E-state index in [4.69, 9.17) is 34.8 Å². The molecule has 0 spiro atoms. The summed E-state index contributed by atoms with van der Waals surface area (Å²) in [6.07, 6.45) is 0. The van der Waals surface area contributed by atoms with Crippen molar-refractivity contribution in [3.05, 3.63) is 57.5 Å². The molecule has 0 atom stereocenters. The van der Waals surface area contributed by atoms with E-state index >= 15 is 0 Å². The maximum absolute atomic E-state index is 6.12. The average Bonchev–Trinajstić information content (AvgIpc) is 2.39. The molecule has 0 aliphatic carbocycles. The highest BCUT2D eigenvalue weighted by atomic mass is 35.5. The number of hydrogen-bond donors (Lipinski definition) is 0. The van der Waals surface area contributed by atoms with E-state index in [0.29, 0.717) is 10.0 Å². The second kappa shape index (κ2) is 7.70. The van der Waals surface area contributed by atoms with E-state index < -0.39 is 0 Å². The lowest BCUT2D eigenvalue weighted by atomic mass is 10.4. The molecule has 0 bridgehead atoms. The van der Waals surface area contributed by atoms with Crippen LogP contribution >= 0.6 is 58.3 Å². The molecule has 0 N–H and O–H groups in total. The van der Waals surface area contributed by atoms with E-state index in [9.17, 15) is 0 Å². The zero-order valence-corrected chi connectivity index (χ0v) is 13.8. The van der Waals surface area contributed by atoms with Gasteiger partial charge in [0.1, 0.15) is 0 Å². The lowest BCUT2D eigenvalue weighted by molar-refractivity contribution is 1.41. The molecule has 0 saturated heterocycles. The molecule has 0 unspecified atom stereocenters. The zero-order chi connectivity index (χ0) is 13.7. The first-order chi connectivity index (χ1) is 9.18. The Morgan fingerprint density at radius 1 is 0.684 bits per heavy atom. The van der Waals surface area contributed by atoms with Gasteiger partial charge in [-0.05, 0) is 24.3 Å². The van der Waals surface area contributed by atoms with Crippen molar-refractivity contribution >= 4 is 58.3 Å². The van der Waals surface area contributed by atoms with Crippen molar-refractivity contribution in [3.8, 4) is 0 Å². The summed E-state index contributed by atoms with van der Waals surface area (Å²) in [6.45, 7) is 0. The van der Waals surface area contributed by atoms with Crippen molar-refractivity contribution in [1.29, 1.82) is 0 Å². The van der Waals surface area contributed by atoms with Gasteiger partial charge in [-0.15, -0.1) is 23.5 Å². The summed E-state index contributed by atoms with van der Waals surface area (Å²) in [7, 11) is 0. The Kier molecular flexibility index (Phi) is 6.24. The van der Waals surface area contributed by atoms with Crippen LogP contribution in [0.15, 0.2) is 52.3 Å². The molecule has 0 aromatic heterocycles. The van der Waals surface area contributed by atoms with Crippen LogP contribution in [0.5, 0.6) is 0 Å². The van der Waals surface area contributed by atoms with E-state index in [1.54, 1.807) is 23.5 Å². The largest absolute Gasteiger partial charge is 0.124 e. The molecular weight excluding hydrogens is 339 g/mol. The summed E-state index contributed by atoms with van der Waals surface area (Å²) in [5, 5.41) is 2.22. The Balaban J connectivity index is 1.86. The molecule has 0 radical (unpaired) electrons. The molecule has 100 valence electrons. The van der Waals surface area contributed by atoms with Gasteiger partial charge < -0.3 is 0 Å². The maximum atomic E-state index is 6.12. The Labute approximate surface area is 136 Å². The summed E-state index contributed by atoms with van der Waals surface area (Å²) in [5.41, 5.74) is 0. The Bertz CT molecular complexity index is 538. The van der Waals surface area contributed by atoms with Crippen LogP contribution in [-0.2, 0) is 0 Å². The maximum Gasteiger partial charge on any atom is 0.0556 e. The third-order valence-electron chi connectivity index (χ3n) is 2.34. The molecule has 0 aliphatic rings. The van der Waals surface area contributed by atoms with Gasteiger partial charge in [0.05, 0.1) is 15.1 Å². The summed E-state index contributed by atoms with van der Waals surface area (Å²) >= 11 is 21.7. The first kappa shape index (κ1) is 15.4. The molecule has 0 aliphatic heterocycles. The van der Waals surface area contributed by atoms with Crippen molar-refractivity contribution in [3.63, 3.8) is 0 Å². The predicted octanol–water partition coefficient (Wildman–Crippen LogP) is 6.53. The second-order valence-corrected chi connectivity index (χ2v) is 7.14. The number of thioether (sulfide) groups is 2.